The van der Waals surface area contributed by atoms with Gasteiger partial charge in [-0.1, -0.05) is 97.6 Å². The highest BCUT2D eigenvalue weighted by molar-refractivity contribution is 5.99. The molecule has 0 saturated carbocycles. The first-order chi connectivity index (χ1) is 13.2. The average molecular weight is 354 g/mol. The Morgan fingerprint density at radius 1 is 0.667 bits per heavy atom. The van der Waals surface area contributed by atoms with Crippen LogP contribution in [0.4, 0.5) is 0 Å². The van der Waals surface area contributed by atoms with E-state index in [1.807, 2.05) is 54.6 Å². The molecule has 0 radical (unpaired) electrons. The van der Waals surface area contributed by atoms with Crippen LogP contribution in [0.5, 0.6) is 0 Å². The van der Waals surface area contributed by atoms with Gasteiger partial charge in [0, 0.05) is 5.57 Å². The molecule has 0 fully saturated rings. The van der Waals surface area contributed by atoms with Crippen molar-refractivity contribution in [3.8, 4) is 0 Å². The van der Waals surface area contributed by atoms with Crippen molar-refractivity contribution < 1.29 is 9.90 Å². The predicted molar refractivity (Wildman–Crippen MR) is 111 cm³/mol. The van der Waals surface area contributed by atoms with Crippen LogP contribution in [-0.2, 0) is 4.79 Å². The Morgan fingerprint density at radius 2 is 1.07 bits per heavy atom. The van der Waals surface area contributed by atoms with E-state index < -0.39 is 5.97 Å². The summed E-state index contributed by atoms with van der Waals surface area (Å²) >= 11 is 0. The molecule has 0 aliphatic rings. The Balaban J connectivity index is 2.19. The van der Waals surface area contributed by atoms with Crippen molar-refractivity contribution in [2.45, 2.75) is 12.8 Å². The van der Waals surface area contributed by atoms with Crippen LogP contribution in [0.2, 0.25) is 0 Å². The second kappa shape index (κ2) is 8.81. The van der Waals surface area contributed by atoms with E-state index in [2.05, 4.69) is 43.0 Å². The van der Waals surface area contributed by atoms with Crippen molar-refractivity contribution in [2.24, 2.45) is 0 Å². The van der Waals surface area contributed by atoms with Gasteiger partial charge in [-0.3, -0.25) is 0 Å². The molecule has 27 heavy (non-hydrogen) atoms. The quantitative estimate of drug-likeness (QED) is 0.413. The normalized spacial score (nSPS) is 10.2. The smallest absolute Gasteiger partial charge is 0.330 e. The fraction of sp³-hybridized carbons (Fsp3) is 0.0800. The lowest BCUT2D eigenvalue weighted by Crippen LogP contribution is -2.01. The molecule has 3 aromatic rings. The summed E-state index contributed by atoms with van der Waals surface area (Å²) in [6.45, 7) is 3.70. The number of allylic oxidation sites excluding steroid dienone is 1. The van der Waals surface area contributed by atoms with Gasteiger partial charge in [0.1, 0.15) is 0 Å². The number of rotatable bonds is 7. The molecule has 0 amide bonds. The highest BCUT2D eigenvalue weighted by atomic mass is 16.4. The monoisotopic (exact) mass is 354 g/mol. The van der Waals surface area contributed by atoms with Gasteiger partial charge in [0.05, 0.1) is 0 Å². The van der Waals surface area contributed by atoms with Gasteiger partial charge in [-0.2, -0.15) is 0 Å². The Kier molecular flexibility index (Phi) is 6.01. The topological polar surface area (TPSA) is 37.3 Å². The molecule has 1 N–H and O–H groups in total. The van der Waals surface area contributed by atoms with Crippen molar-refractivity contribution in [1.82, 2.24) is 0 Å². The number of carboxylic acids is 1. The summed E-state index contributed by atoms with van der Waals surface area (Å²) in [7, 11) is 0. The minimum absolute atomic E-state index is 0.226. The number of benzene rings is 3. The molecular formula is C25H22O2. The van der Waals surface area contributed by atoms with Gasteiger partial charge in [-0.05, 0) is 40.7 Å². The zero-order chi connectivity index (χ0) is 19.1. The van der Waals surface area contributed by atoms with Crippen LogP contribution in [0, 0.1) is 0 Å². The standard InChI is InChI=1S/C25H22O2/c1-19(25(26)27)17-18-23(20-11-5-2-6-12-20)24(21-13-7-3-8-14-21)22-15-9-4-10-16-22/h2-16H,1,17-18H2,(H,26,27). The maximum absolute atomic E-state index is 11.2. The predicted octanol–water partition coefficient (Wildman–Crippen LogP) is 6.07. The molecule has 0 atom stereocenters. The summed E-state index contributed by atoms with van der Waals surface area (Å²) in [5, 5.41) is 9.22. The largest absolute Gasteiger partial charge is 0.478 e. The molecule has 134 valence electrons. The molecule has 0 aliphatic heterocycles. The highest BCUT2D eigenvalue weighted by Gasteiger charge is 2.15. The van der Waals surface area contributed by atoms with Gasteiger partial charge in [-0.15, -0.1) is 0 Å². The third kappa shape index (κ3) is 4.62. The zero-order valence-corrected chi connectivity index (χ0v) is 15.1. The van der Waals surface area contributed by atoms with E-state index in [-0.39, 0.29) is 5.57 Å². The summed E-state index contributed by atoms with van der Waals surface area (Å²) < 4.78 is 0. The fourth-order valence-corrected chi connectivity index (χ4v) is 3.16. The lowest BCUT2D eigenvalue weighted by atomic mass is 9.86. The molecular weight excluding hydrogens is 332 g/mol. The first-order valence-electron chi connectivity index (χ1n) is 8.97. The van der Waals surface area contributed by atoms with Crippen molar-refractivity contribution in [2.75, 3.05) is 0 Å². The highest BCUT2D eigenvalue weighted by Crippen LogP contribution is 2.35. The third-order valence-corrected chi connectivity index (χ3v) is 4.53. The Bertz CT molecular complexity index is 898. The van der Waals surface area contributed by atoms with E-state index in [4.69, 9.17) is 0 Å². The van der Waals surface area contributed by atoms with Crippen LogP contribution in [-0.4, -0.2) is 11.1 Å². The van der Waals surface area contributed by atoms with Gasteiger partial charge < -0.3 is 5.11 Å². The zero-order valence-electron chi connectivity index (χ0n) is 15.1. The average Bonchev–Trinajstić information content (AvgIpc) is 2.72. The number of carbonyl (C=O) groups is 1. The van der Waals surface area contributed by atoms with Crippen LogP contribution in [0.15, 0.2) is 103 Å². The van der Waals surface area contributed by atoms with Crippen molar-refractivity contribution in [3.05, 3.63) is 120 Å². The first kappa shape index (κ1) is 18.4. The SMILES string of the molecule is C=C(CCC(=C(c1ccccc1)c1ccccc1)c1ccccc1)C(=O)O. The van der Waals surface area contributed by atoms with Gasteiger partial charge in [0.2, 0.25) is 0 Å². The van der Waals surface area contributed by atoms with Crippen molar-refractivity contribution in [3.63, 3.8) is 0 Å². The van der Waals surface area contributed by atoms with Gasteiger partial charge >= 0.3 is 5.97 Å². The van der Waals surface area contributed by atoms with Crippen LogP contribution >= 0.6 is 0 Å². The molecule has 0 saturated heterocycles. The number of aliphatic carboxylic acids is 1. The molecule has 3 aromatic carbocycles. The maximum Gasteiger partial charge on any atom is 0.330 e. The molecule has 0 bridgehead atoms. The van der Waals surface area contributed by atoms with Crippen LogP contribution in [0.3, 0.4) is 0 Å². The second-order valence-electron chi connectivity index (χ2n) is 6.36. The fourth-order valence-electron chi connectivity index (χ4n) is 3.16. The second-order valence-corrected chi connectivity index (χ2v) is 6.36. The summed E-state index contributed by atoms with van der Waals surface area (Å²) in [4.78, 5) is 11.2. The molecule has 2 nitrogen and oxygen atoms in total. The molecule has 0 heterocycles. The number of carboxylic acid groups (broad SMARTS) is 1. The van der Waals surface area contributed by atoms with Gasteiger partial charge in [-0.25, -0.2) is 4.79 Å². The van der Waals surface area contributed by atoms with Crippen LogP contribution < -0.4 is 0 Å². The summed E-state index contributed by atoms with van der Waals surface area (Å²) in [6, 6.07) is 30.6. The minimum Gasteiger partial charge on any atom is -0.478 e. The molecule has 0 aliphatic carbocycles. The van der Waals surface area contributed by atoms with Gasteiger partial charge in [0.25, 0.3) is 0 Å². The van der Waals surface area contributed by atoms with E-state index in [0.717, 1.165) is 27.8 Å². The summed E-state index contributed by atoms with van der Waals surface area (Å²) in [5.74, 6) is -0.941. The lowest BCUT2D eigenvalue weighted by molar-refractivity contribution is -0.132. The van der Waals surface area contributed by atoms with E-state index >= 15 is 0 Å². The van der Waals surface area contributed by atoms with Gasteiger partial charge in [0.15, 0.2) is 0 Å². The molecule has 3 rings (SSSR count). The van der Waals surface area contributed by atoms with E-state index in [1.165, 1.54) is 0 Å². The summed E-state index contributed by atoms with van der Waals surface area (Å²) in [6.07, 6.45) is 1.01. The maximum atomic E-state index is 11.2. The van der Waals surface area contributed by atoms with E-state index in [0.29, 0.717) is 12.8 Å². The number of hydrogen-bond acceptors (Lipinski definition) is 1. The Morgan fingerprint density at radius 3 is 1.48 bits per heavy atom. The molecule has 0 aromatic heterocycles. The summed E-state index contributed by atoms with van der Waals surface area (Å²) in [5.41, 5.74) is 5.80. The van der Waals surface area contributed by atoms with Crippen LogP contribution in [0.25, 0.3) is 11.1 Å². The molecule has 0 unspecified atom stereocenters. The molecule has 0 spiro atoms. The number of hydrogen-bond donors (Lipinski definition) is 1. The Hall–Kier alpha value is -3.39. The van der Waals surface area contributed by atoms with Crippen LogP contribution in [0.1, 0.15) is 29.5 Å². The molecule has 2 heteroatoms. The van der Waals surface area contributed by atoms with E-state index in [9.17, 15) is 9.90 Å². The van der Waals surface area contributed by atoms with Crippen molar-refractivity contribution in [1.29, 1.82) is 0 Å². The Labute approximate surface area is 160 Å². The first-order valence-corrected chi connectivity index (χ1v) is 8.97. The van der Waals surface area contributed by atoms with Crippen molar-refractivity contribution >= 4 is 17.1 Å². The third-order valence-electron chi connectivity index (χ3n) is 4.53. The minimum atomic E-state index is -0.941. The lowest BCUT2D eigenvalue weighted by Gasteiger charge is -2.17. The van der Waals surface area contributed by atoms with E-state index in [1.54, 1.807) is 0 Å².